The second-order valence-corrected chi connectivity index (χ2v) is 6.29. The van der Waals surface area contributed by atoms with Crippen LogP contribution in [0.1, 0.15) is 11.1 Å². The topological polar surface area (TPSA) is 47.3 Å². The molecular formula is C21H20ClF3N2O. The van der Waals surface area contributed by atoms with Crippen molar-refractivity contribution >= 4 is 29.5 Å². The summed E-state index contributed by atoms with van der Waals surface area (Å²) < 4.78 is 42.1. The SMILES string of the molecule is Cc1cc(C)c(-c2cc(OC(F)(F)F)ccc2Nc2ccccc2)c(N)c1.Cl. The van der Waals surface area contributed by atoms with Crippen molar-refractivity contribution in [3.63, 3.8) is 0 Å². The molecule has 0 saturated heterocycles. The van der Waals surface area contributed by atoms with Crippen LogP contribution in [0.5, 0.6) is 5.75 Å². The minimum atomic E-state index is -4.76. The number of alkyl halides is 3. The largest absolute Gasteiger partial charge is 0.573 e. The summed E-state index contributed by atoms with van der Waals surface area (Å²) in [5.74, 6) is -0.296. The molecule has 0 fully saturated rings. The van der Waals surface area contributed by atoms with Crippen LogP contribution in [0.15, 0.2) is 60.7 Å². The fourth-order valence-electron chi connectivity index (χ4n) is 3.08. The van der Waals surface area contributed by atoms with Gasteiger partial charge in [-0.1, -0.05) is 24.3 Å². The molecule has 0 bridgehead atoms. The van der Waals surface area contributed by atoms with Crippen molar-refractivity contribution in [2.24, 2.45) is 0 Å². The molecule has 0 aliphatic heterocycles. The smallest absolute Gasteiger partial charge is 0.406 e. The Morgan fingerprint density at radius 1 is 0.929 bits per heavy atom. The Bertz CT molecular complexity index is 937. The monoisotopic (exact) mass is 408 g/mol. The molecule has 3 aromatic carbocycles. The van der Waals surface area contributed by atoms with Crippen LogP contribution >= 0.6 is 12.4 Å². The summed E-state index contributed by atoms with van der Waals surface area (Å²) in [7, 11) is 0. The Hall–Kier alpha value is -2.86. The first-order valence-corrected chi connectivity index (χ1v) is 8.32. The van der Waals surface area contributed by atoms with Gasteiger partial charge in [-0.2, -0.15) is 0 Å². The van der Waals surface area contributed by atoms with Gasteiger partial charge in [-0.25, -0.2) is 0 Å². The number of anilines is 3. The molecule has 0 aliphatic rings. The maximum absolute atomic E-state index is 12.7. The van der Waals surface area contributed by atoms with Gasteiger partial charge in [0.25, 0.3) is 0 Å². The quantitative estimate of drug-likeness (QED) is 0.477. The third-order valence-electron chi connectivity index (χ3n) is 4.06. The van der Waals surface area contributed by atoms with Gasteiger partial charge >= 0.3 is 6.36 Å². The van der Waals surface area contributed by atoms with Crippen molar-refractivity contribution in [2.75, 3.05) is 11.1 Å². The highest BCUT2D eigenvalue weighted by molar-refractivity contribution is 5.90. The third-order valence-corrected chi connectivity index (χ3v) is 4.06. The van der Waals surface area contributed by atoms with Gasteiger partial charge in [0.05, 0.1) is 0 Å². The van der Waals surface area contributed by atoms with Gasteiger partial charge in [-0.15, -0.1) is 25.6 Å². The van der Waals surface area contributed by atoms with Crippen LogP contribution in [0, 0.1) is 13.8 Å². The fourth-order valence-corrected chi connectivity index (χ4v) is 3.08. The van der Waals surface area contributed by atoms with Gasteiger partial charge in [-0.3, -0.25) is 0 Å². The molecule has 3 rings (SSSR count). The Kier molecular flexibility index (Phi) is 6.46. The molecule has 0 aromatic heterocycles. The average molecular weight is 409 g/mol. The molecule has 0 saturated carbocycles. The second kappa shape index (κ2) is 8.44. The number of rotatable bonds is 4. The van der Waals surface area contributed by atoms with Gasteiger partial charge in [0.15, 0.2) is 0 Å². The van der Waals surface area contributed by atoms with Crippen molar-refractivity contribution in [2.45, 2.75) is 20.2 Å². The number of nitrogen functional groups attached to an aromatic ring is 1. The Balaban J connectivity index is 0.00000280. The van der Waals surface area contributed by atoms with Crippen molar-refractivity contribution in [3.05, 3.63) is 71.8 Å². The van der Waals surface area contributed by atoms with Crippen LogP contribution in [0.4, 0.5) is 30.2 Å². The van der Waals surface area contributed by atoms with Crippen LogP contribution in [0.2, 0.25) is 0 Å². The molecule has 0 spiro atoms. The molecule has 0 radical (unpaired) electrons. The Morgan fingerprint density at radius 3 is 2.21 bits per heavy atom. The van der Waals surface area contributed by atoms with Crippen LogP contribution in [0.3, 0.4) is 0 Å². The third kappa shape index (κ3) is 5.10. The van der Waals surface area contributed by atoms with Gasteiger partial charge < -0.3 is 15.8 Å². The lowest BCUT2D eigenvalue weighted by Crippen LogP contribution is -2.17. The first kappa shape index (κ1) is 21.4. The lowest BCUT2D eigenvalue weighted by atomic mass is 9.95. The summed E-state index contributed by atoms with van der Waals surface area (Å²) in [6.07, 6.45) is -4.76. The van der Waals surface area contributed by atoms with Crippen LogP contribution in [-0.2, 0) is 0 Å². The molecular weight excluding hydrogens is 389 g/mol. The van der Waals surface area contributed by atoms with E-state index in [0.717, 1.165) is 16.8 Å². The number of benzene rings is 3. The summed E-state index contributed by atoms with van der Waals surface area (Å²) in [5, 5.41) is 3.24. The summed E-state index contributed by atoms with van der Waals surface area (Å²) in [6, 6.07) is 17.3. The average Bonchev–Trinajstić information content (AvgIpc) is 2.56. The van der Waals surface area contributed by atoms with E-state index in [1.54, 1.807) is 12.1 Å². The number of aryl methyl sites for hydroxylation is 2. The summed E-state index contributed by atoms with van der Waals surface area (Å²) in [5.41, 5.74) is 11.2. The van der Waals surface area contributed by atoms with Crippen molar-refractivity contribution in [1.29, 1.82) is 0 Å². The zero-order valence-corrected chi connectivity index (χ0v) is 16.1. The maximum atomic E-state index is 12.7. The molecule has 7 heteroatoms. The van der Waals surface area contributed by atoms with E-state index in [1.807, 2.05) is 50.2 Å². The van der Waals surface area contributed by atoms with E-state index < -0.39 is 6.36 Å². The van der Waals surface area contributed by atoms with E-state index in [4.69, 9.17) is 5.73 Å². The summed E-state index contributed by atoms with van der Waals surface area (Å²) in [6.45, 7) is 3.79. The maximum Gasteiger partial charge on any atom is 0.573 e. The molecule has 0 aliphatic carbocycles. The highest BCUT2D eigenvalue weighted by atomic mass is 35.5. The molecule has 3 nitrogen and oxygen atoms in total. The molecule has 0 unspecified atom stereocenters. The number of hydrogen-bond acceptors (Lipinski definition) is 3. The van der Waals surface area contributed by atoms with Gasteiger partial charge in [-0.05, 0) is 61.4 Å². The predicted molar refractivity (Wildman–Crippen MR) is 109 cm³/mol. The molecule has 3 aromatic rings. The Morgan fingerprint density at radius 2 is 1.61 bits per heavy atom. The first-order valence-electron chi connectivity index (χ1n) is 8.32. The fraction of sp³-hybridized carbons (Fsp3) is 0.143. The van der Waals surface area contributed by atoms with E-state index in [1.165, 1.54) is 12.1 Å². The van der Waals surface area contributed by atoms with E-state index in [9.17, 15) is 13.2 Å². The molecule has 0 amide bonds. The summed E-state index contributed by atoms with van der Waals surface area (Å²) >= 11 is 0. The second-order valence-electron chi connectivity index (χ2n) is 6.29. The van der Waals surface area contributed by atoms with Crippen LogP contribution < -0.4 is 15.8 Å². The Labute approximate surface area is 167 Å². The summed E-state index contributed by atoms with van der Waals surface area (Å²) in [4.78, 5) is 0. The first-order chi connectivity index (χ1) is 12.7. The minimum Gasteiger partial charge on any atom is -0.406 e. The van der Waals surface area contributed by atoms with Crippen molar-refractivity contribution in [1.82, 2.24) is 0 Å². The number of nitrogens with two attached hydrogens (primary N) is 1. The van der Waals surface area contributed by atoms with Gasteiger partial charge in [0.2, 0.25) is 0 Å². The molecule has 0 heterocycles. The normalized spacial score (nSPS) is 10.9. The van der Waals surface area contributed by atoms with Crippen LogP contribution in [0.25, 0.3) is 11.1 Å². The van der Waals surface area contributed by atoms with E-state index in [-0.39, 0.29) is 18.2 Å². The molecule has 3 N–H and O–H groups in total. The minimum absolute atomic E-state index is 0. The number of nitrogens with one attached hydrogen (secondary N) is 1. The van der Waals surface area contributed by atoms with E-state index >= 15 is 0 Å². The zero-order chi connectivity index (χ0) is 19.6. The van der Waals surface area contributed by atoms with Gasteiger partial charge in [0, 0.05) is 28.2 Å². The van der Waals surface area contributed by atoms with E-state index in [0.29, 0.717) is 22.5 Å². The number of ether oxygens (including phenoxy) is 1. The highest BCUT2D eigenvalue weighted by Crippen LogP contribution is 2.40. The predicted octanol–water partition coefficient (Wildman–Crippen LogP) is 6.62. The number of hydrogen-bond donors (Lipinski definition) is 2. The molecule has 148 valence electrons. The number of para-hydroxylation sites is 1. The zero-order valence-electron chi connectivity index (χ0n) is 15.3. The lowest BCUT2D eigenvalue weighted by molar-refractivity contribution is -0.274. The molecule has 0 atom stereocenters. The van der Waals surface area contributed by atoms with Crippen molar-refractivity contribution in [3.8, 4) is 16.9 Å². The highest BCUT2D eigenvalue weighted by Gasteiger charge is 2.31. The van der Waals surface area contributed by atoms with Gasteiger partial charge in [0.1, 0.15) is 5.75 Å². The van der Waals surface area contributed by atoms with Crippen LogP contribution in [-0.4, -0.2) is 6.36 Å². The standard InChI is InChI=1S/C21H19F3N2O.ClH/c1-13-10-14(2)20(18(25)11-13)17-12-16(27-21(22,23)24)8-9-19(17)26-15-6-4-3-5-7-15;/h3-12,26H,25H2,1-2H3;1H. The number of halogens is 4. The lowest BCUT2D eigenvalue weighted by Gasteiger charge is -2.18. The molecule has 28 heavy (non-hydrogen) atoms. The van der Waals surface area contributed by atoms with E-state index in [2.05, 4.69) is 10.1 Å². The van der Waals surface area contributed by atoms with Crippen molar-refractivity contribution < 1.29 is 17.9 Å².